The number of carboxylic acid groups (broad SMARTS) is 1. The maximum Gasteiger partial charge on any atom is 0.303 e. The number of azide groups is 2. The van der Waals surface area contributed by atoms with E-state index in [-0.39, 0.29) is 18.9 Å². The molecule has 1 N–H and O–H groups in total. The quantitative estimate of drug-likeness (QED) is 0.145. The first kappa shape index (κ1) is 35.7. The van der Waals surface area contributed by atoms with Crippen LogP contribution in [0.4, 0.5) is 0 Å². The topological polar surface area (TPSA) is 135 Å². The summed E-state index contributed by atoms with van der Waals surface area (Å²) in [5.41, 5.74) is 16.2. The van der Waals surface area contributed by atoms with Crippen LogP contribution in [0.3, 0.4) is 0 Å². The summed E-state index contributed by atoms with van der Waals surface area (Å²) in [4.78, 5) is 15.8. The zero-order valence-electron chi connectivity index (χ0n) is 22.9. The molecule has 0 aliphatic rings. The van der Waals surface area contributed by atoms with Gasteiger partial charge in [-0.2, -0.15) is 0 Å². The van der Waals surface area contributed by atoms with E-state index in [4.69, 9.17) is 16.2 Å². The average molecular weight is 469 g/mol. The Bertz CT molecular complexity index is 545. The molecule has 0 saturated carbocycles. The fourth-order valence-electron chi connectivity index (χ4n) is 3.77. The van der Waals surface area contributed by atoms with E-state index >= 15 is 0 Å². The minimum absolute atomic E-state index is 0.0339. The average Bonchev–Trinajstić information content (AvgIpc) is 2.72. The van der Waals surface area contributed by atoms with Gasteiger partial charge < -0.3 is 5.11 Å². The molecular formula is C25H52N6O2. The highest BCUT2D eigenvalue weighted by atomic mass is 16.4. The Labute approximate surface area is 203 Å². The monoisotopic (exact) mass is 468 g/mol. The summed E-state index contributed by atoms with van der Waals surface area (Å²) in [5.74, 6) is 2.70. The molecule has 0 aromatic rings. The first-order valence-corrected chi connectivity index (χ1v) is 12.7. The fourth-order valence-corrected chi connectivity index (χ4v) is 3.77. The summed E-state index contributed by atoms with van der Waals surface area (Å²) >= 11 is 0. The molecule has 0 unspecified atom stereocenters. The normalized spacial score (nSPS) is 12.2. The van der Waals surface area contributed by atoms with E-state index in [1.807, 2.05) is 13.8 Å². The van der Waals surface area contributed by atoms with Crippen molar-refractivity contribution in [2.24, 2.45) is 45.7 Å². The van der Waals surface area contributed by atoms with Crippen LogP contribution < -0.4 is 0 Å². The maximum atomic E-state index is 10.4. The van der Waals surface area contributed by atoms with Crippen LogP contribution in [0, 0.1) is 35.5 Å². The van der Waals surface area contributed by atoms with Gasteiger partial charge in [-0.15, -0.1) is 0 Å². The molecule has 8 heteroatoms. The van der Waals surface area contributed by atoms with Crippen LogP contribution in [0.5, 0.6) is 0 Å². The summed E-state index contributed by atoms with van der Waals surface area (Å²) in [6.07, 6.45) is 7.26. The van der Waals surface area contributed by atoms with Crippen molar-refractivity contribution in [3.05, 3.63) is 20.9 Å². The van der Waals surface area contributed by atoms with E-state index < -0.39 is 5.97 Å². The molecule has 0 aliphatic carbocycles. The molecule has 0 aliphatic heterocycles. The number of aliphatic carboxylic acids is 1. The van der Waals surface area contributed by atoms with Crippen LogP contribution in [0.2, 0.25) is 0 Å². The number of carbonyl (C=O) groups is 1. The van der Waals surface area contributed by atoms with Crippen molar-refractivity contribution in [1.82, 2.24) is 0 Å². The predicted octanol–water partition coefficient (Wildman–Crippen LogP) is 9.27. The molecule has 33 heavy (non-hydrogen) atoms. The first-order chi connectivity index (χ1) is 15.5. The van der Waals surface area contributed by atoms with Crippen molar-refractivity contribution < 1.29 is 9.90 Å². The SMILES string of the molecule is CC(C)C[C@H](CN=[N+]=[N-])CC(=O)O.CCC(CC)CC(C)C.CC[C@@H](CN=[N+]=[N-])CC(C)C. The standard InChI is InChI=1S/C9H20.C8H15N3O2.C8H17N3/c1-5-9(6-2)7-8(3)4;1-6(2)3-7(4-8(12)13)5-10-11-9;1-4-8(5-7(2)3)6-10-11-9/h8-9H,5-7H2,1-4H3;6-7H,3-5H2,1-2H3,(H,12,13);7-8H,4-6H2,1-3H3/t;7-;8-/m.01/s1. The molecule has 0 rings (SSSR count). The van der Waals surface area contributed by atoms with Crippen molar-refractivity contribution >= 4 is 5.97 Å². The van der Waals surface area contributed by atoms with Gasteiger partial charge in [-0.05, 0) is 65.8 Å². The van der Waals surface area contributed by atoms with E-state index in [0.717, 1.165) is 31.1 Å². The lowest BCUT2D eigenvalue weighted by Crippen LogP contribution is -2.13. The molecule has 0 spiro atoms. The van der Waals surface area contributed by atoms with E-state index in [9.17, 15) is 4.79 Å². The highest BCUT2D eigenvalue weighted by Gasteiger charge is 2.13. The molecule has 0 fully saturated rings. The summed E-state index contributed by atoms with van der Waals surface area (Å²) in [7, 11) is 0. The Morgan fingerprint density at radius 1 is 0.697 bits per heavy atom. The van der Waals surface area contributed by atoms with Crippen LogP contribution >= 0.6 is 0 Å². The van der Waals surface area contributed by atoms with Gasteiger partial charge in [0.1, 0.15) is 0 Å². The smallest absolute Gasteiger partial charge is 0.303 e. The van der Waals surface area contributed by atoms with Gasteiger partial charge in [0.2, 0.25) is 0 Å². The predicted molar refractivity (Wildman–Crippen MR) is 140 cm³/mol. The Kier molecular flexibility index (Phi) is 26.7. The van der Waals surface area contributed by atoms with E-state index in [1.165, 1.54) is 19.3 Å². The highest BCUT2D eigenvalue weighted by molar-refractivity contribution is 5.67. The van der Waals surface area contributed by atoms with Gasteiger partial charge in [0.15, 0.2) is 0 Å². The zero-order valence-corrected chi connectivity index (χ0v) is 22.9. The second-order valence-corrected chi connectivity index (χ2v) is 10.1. The van der Waals surface area contributed by atoms with Crippen LogP contribution in [0.25, 0.3) is 20.9 Å². The number of carboxylic acids is 1. The number of hydrogen-bond donors (Lipinski definition) is 1. The summed E-state index contributed by atoms with van der Waals surface area (Å²) in [6.45, 7) is 20.7. The van der Waals surface area contributed by atoms with Gasteiger partial charge in [0.25, 0.3) is 0 Å². The molecule has 0 bridgehead atoms. The molecular weight excluding hydrogens is 416 g/mol. The van der Waals surface area contributed by atoms with E-state index in [2.05, 4.69) is 68.5 Å². The molecule has 0 aromatic carbocycles. The highest BCUT2D eigenvalue weighted by Crippen LogP contribution is 2.18. The van der Waals surface area contributed by atoms with Gasteiger partial charge in [-0.3, -0.25) is 4.79 Å². The lowest BCUT2D eigenvalue weighted by molar-refractivity contribution is -0.138. The molecule has 0 radical (unpaired) electrons. The molecule has 8 nitrogen and oxygen atoms in total. The molecule has 0 saturated heterocycles. The minimum atomic E-state index is -0.834. The molecule has 0 amide bonds. The van der Waals surface area contributed by atoms with Crippen molar-refractivity contribution in [2.75, 3.05) is 13.1 Å². The van der Waals surface area contributed by atoms with Gasteiger partial charge in [-0.1, -0.05) is 91.8 Å². The van der Waals surface area contributed by atoms with Crippen LogP contribution in [-0.2, 0) is 4.79 Å². The molecule has 2 atom stereocenters. The van der Waals surface area contributed by atoms with E-state index in [0.29, 0.717) is 24.3 Å². The molecule has 0 heterocycles. The van der Waals surface area contributed by atoms with Gasteiger partial charge in [-0.25, -0.2) is 0 Å². The zero-order chi connectivity index (χ0) is 26.2. The van der Waals surface area contributed by atoms with Gasteiger partial charge in [0.05, 0.1) is 0 Å². The Morgan fingerprint density at radius 3 is 1.30 bits per heavy atom. The number of hydrogen-bond acceptors (Lipinski definition) is 3. The van der Waals surface area contributed by atoms with Crippen LogP contribution in [-0.4, -0.2) is 24.2 Å². The third-order valence-electron chi connectivity index (χ3n) is 5.42. The second kappa shape index (κ2) is 24.7. The van der Waals surface area contributed by atoms with Crippen molar-refractivity contribution in [3.8, 4) is 0 Å². The van der Waals surface area contributed by atoms with Crippen molar-refractivity contribution in [1.29, 1.82) is 0 Å². The van der Waals surface area contributed by atoms with Gasteiger partial charge >= 0.3 is 5.97 Å². The van der Waals surface area contributed by atoms with Crippen LogP contribution in [0.15, 0.2) is 10.2 Å². The third-order valence-corrected chi connectivity index (χ3v) is 5.42. The Morgan fingerprint density at radius 2 is 1.03 bits per heavy atom. The lowest BCUT2D eigenvalue weighted by atomic mass is 9.93. The van der Waals surface area contributed by atoms with Crippen molar-refractivity contribution in [3.63, 3.8) is 0 Å². The fraction of sp³-hybridized carbons (Fsp3) is 0.960. The molecule has 194 valence electrons. The van der Waals surface area contributed by atoms with Gasteiger partial charge in [0, 0.05) is 29.3 Å². The number of nitrogens with zero attached hydrogens (tertiary/aromatic N) is 6. The second-order valence-electron chi connectivity index (χ2n) is 10.1. The minimum Gasteiger partial charge on any atom is -0.481 e. The first-order valence-electron chi connectivity index (χ1n) is 12.7. The van der Waals surface area contributed by atoms with Crippen LogP contribution in [0.1, 0.15) is 107 Å². The Balaban J connectivity index is -0.000000416. The Hall–Kier alpha value is -1.91. The lowest BCUT2D eigenvalue weighted by Gasteiger charge is -2.13. The number of rotatable bonds is 15. The summed E-state index contributed by atoms with van der Waals surface area (Å²) in [5, 5.41) is 15.5. The third kappa shape index (κ3) is 30.1. The van der Waals surface area contributed by atoms with E-state index in [1.54, 1.807) is 0 Å². The maximum absolute atomic E-state index is 10.4. The summed E-state index contributed by atoms with van der Waals surface area (Å²) in [6, 6.07) is 0. The van der Waals surface area contributed by atoms with Crippen molar-refractivity contribution in [2.45, 2.75) is 107 Å². The summed E-state index contributed by atoms with van der Waals surface area (Å²) < 4.78 is 0. The molecule has 0 aromatic heterocycles. The largest absolute Gasteiger partial charge is 0.481 e.